The number of hydrogen-bond acceptors (Lipinski definition) is 3. The van der Waals surface area contributed by atoms with Gasteiger partial charge in [0.05, 0.1) is 0 Å². The van der Waals surface area contributed by atoms with Crippen molar-refractivity contribution in [1.29, 1.82) is 0 Å². The molecule has 0 fully saturated rings. The Morgan fingerprint density at radius 1 is 1.50 bits per heavy atom. The summed E-state index contributed by atoms with van der Waals surface area (Å²) in [6.45, 7) is 4.67. The van der Waals surface area contributed by atoms with Gasteiger partial charge >= 0.3 is 0 Å². The number of methoxy groups -OCH3 is 1. The highest BCUT2D eigenvalue weighted by Gasteiger charge is 2.12. The van der Waals surface area contributed by atoms with Crippen molar-refractivity contribution in [3.63, 3.8) is 0 Å². The molecule has 1 unspecified atom stereocenters. The molecule has 0 aliphatic rings. The summed E-state index contributed by atoms with van der Waals surface area (Å²) < 4.78 is 10.4. The van der Waals surface area contributed by atoms with Gasteiger partial charge in [-0.25, -0.2) is 0 Å². The summed E-state index contributed by atoms with van der Waals surface area (Å²) in [4.78, 5) is 0. The lowest BCUT2D eigenvalue weighted by Gasteiger charge is -2.09. The topological polar surface area (TPSA) is 48.4 Å². The Bertz CT molecular complexity index is 281. The molecule has 0 aliphatic carbocycles. The van der Waals surface area contributed by atoms with E-state index in [2.05, 4.69) is 0 Å². The largest absolute Gasteiger partial charge is 0.466 e. The van der Waals surface area contributed by atoms with E-state index < -0.39 is 0 Å². The van der Waals surface area contributed by atoms with Crippen LogP contribution < -0.4 is 5.73 Å². The van der Waals surface area contributed by atoms with Crippen LogP contribution in [-0.2, 0) is 4.74 Å². The lowest BCUT2D eigenvalue weighted by molar-refractivity contribution is 0.190. The van der Waals surface area contributed by atoms with E-state index >= 15 is 0 Å². The molecule has 1 heterocycles. The van der Waals surface area contributed by atoms with Crippen LogP contribution in [0.5, 0.6) is 0 Å². The number of hydrogen-bond donors (Lipinski definition) is 1. The first-order valence-electron chi connectivity index (χ1n) is 4.96. The van der Waals surface area contributed by atoms with Gasteiger partial charge in [0.2, 0.25) is 0 Å². The molecule has 3 heteroatoms. The molecule has 80 valence electrons. The Balaban J connectivity index is 2.51. The fraction of sp³-hybridized carbons (Fsp3) is 0.636. The molecule has 1 aromatic heterocycles. The molecule has 1 atom stereocenters. The van der Waals surface area contributed by atoms with E-state index in [-0.39, 0.29) is 6.04 Å². The Morgan fingerprint density at radius 2 is 2.21 bits per heavy atom. The summed E-state index contributed by atoms with van der Waals surface area (Å²) >= 11 is 0. The predicted octanol–water partition coefficient (Wildman–Crippen LogP) is 2.32. The number of nitrogens with two attached hydrogens (primary N) is 1. The first kappa shape index (κ1) is 11.3. The van der Waals surface area contributed by atoms with Gasteiger partial charge in [-0.2, -0.15) is 0 Å². The first-order chi connectivity index (χ1) is 6.65. The van der Waals surface area contributed by atoms with Gasteiger partial charge in [-0.1, -0.05) is 0 Å². The summed E-state index contributed by atoms with van der Waals surface area (Å²) in [5, 5.41) is 0. The van der Waals surface area contributed by atoms with E-state index in [0.717, 1.165) is 36.5 Å². The molecular weight excluding hydrogens is 178 g/mol. The quantitative estimate of drug-likeness (QED) is 0.737. The van der Waals surface area contributed by atoms with E-state index in [1.807, 2.05) is 19.9 Å². The number of rotatable bonds is 5. The second kappa shape index (κ2) is 5.17. The Labute approximate surface area is 85.2 Å². The van der Waals surface area contributed by atoms with Crippen molar-refractivity contribution < 1.29 is 9.15 Å². The van der Waals surface area contributed by atoms with Gasteiger partial charge < -0.3 is 14.9 Å². The van der Waals surface area contributed by atoms with E-state index in [9.17, 15) is 0 Å². The van der Waals surface area contributed by atoms with Crippen molar-refractivity contribution in [1.82, 2.24) is 0 Å². The minimum Gasteiger partial charge on any atom is -0.466 e. The fourth-order valence-corrected chi connectivity index (χ4v) is 1.62. The number of ether oxygens (including phenoxy) is 1. The zero-order chi connectivity index (χ0) is 10.6. The third kappa shape index (κ3) is 2.86. The summed E-state index contributed by atoms with van der Waals surface area (Å²) in [5.41, 5.74) is 7.16. The maximum absolute atomic E-state index is 6.03. The van der Waals surface area contributed by atoms with Gasteiger partial charge in [0, 0.05) is 25.3 Å². The molecule has 1 aromatic rings. The number of aryl methyl sites for hydroxylation is 2. The molecular formula is C11H19NO2. The molecule has 0 spiro atoms. The normalized spacial score (nSPS) is 13.1. The smallest absolute Gasteiger partial charge is 0.105 e. The third-order valence-corrected chi connectivity index (χ3v) is 2.34. The summed E-state index contributed by atoms with van der Waals surface area (Å²) in [5.74, 6) is 1.87. The Hall–Kier alpha value is -0.800. The maximum atomic E-state index is 6.03. The lowest BCUT2D eigenvalue weighted by Crippen LogP contribution is -2.11. The fourth-order valence-electron chi connectivity index (χ4n) is 1.62. The van der Waals surface area contributed by atoms with Gasteiger partial charge in [-0.3, -0.25) is 0 Å². The van der Waals surface area contributed by atoms with Crippen LogP contribution in [-0.4, -0.2) is 13.7 Å². The van der Waals surface area contributed by atoms with Crippen molar-refractivity contribution in [3.05, 3.63) is 23.2 Å². The number of furan rings is 1. The minimum absolute atomic E-state index is 0.0719. The molecule has 0 aliphatic heterocycles. The third-order valence-electron chi connectivity index (χ3n) is 2.34. The molecule has 0 saturated heterocycles. The summed E-state index contributed by atoms with van der Waals surface area (Å²) in [6.07, 6.45) is 1.93. The van der Waals surface area contributed by atoms with E-state index in [1.54, 1.807) is 7.11 Å². The standard InChI is InChI=1S/C11H19NO2/c1-8-7-10(9(2)14-8)11(12)5-4-6-13-3/h7,11H,4-6,12H2,1-3H3. The zero-order valence-corrected chi connectivity index (χ0v) is 9.17. The SMILES string of the molecule is COCCCC(N)c1cc(C)oc1C. The first-order valence-corrected chi connectivity index (χ1v) is 4.96. The molecule has 0 saturated carbocycles. The monoisotopic (exact) mass is 197 g/mol. The van der Waals surface area contributed by atoms with Crippen molar-refractivity contribution in [2.45, 2.75) is 32.7 Å². The predicted molar refractivity (Wildman–Crippen MR) is 56.2 cm³/mol. The van der Waals surface area contributed by atoms with Gasteiger partial charge in [-0.15, -0.1) is 0 Å². The highest BCUT2D eigenvalue weighted by atomic mass is 16.5. The second-order valence-electron chi connectivity index (χ2n) is 3.61. The van der Waals surface area contributed by atoms with Crippen LogP contribution in [0.25, 0.3) is 0 Å². The highest BCUT2D eigenvalue weighted by Crippen LogP contribution is 2.22. The van der Waals surface area contributed by atoms with Crippen LogP contribution in [0.1, 0.15) is 36.0 Å². The second-order valence-corrected chi connectivity index (χ2v) is 3.61. The van der Waals surface area contributed by atoms with E-state index in [4.69, 9.17) is 14.9 Å². The maximum Gasteiger partial charge on any atom is 0.105 e. The zero-order valence-electron chi connectivity index (χ0n) is 9.17. The Kier molecular flexibility index (Phi) is 4.17. The molecule has 1 rings (SSSR count). The van der Waals surface area contributed by atoms with Gasteiger partial charge in [0.25, 0.3) is 0 Å². The highest BCUT2D eigenvalue weighted by molar-refractivity contribution is 5.23. The van der Waals surface area contributed by atoms with Crippen LogP contribution >= 0.6 is 0 Å². The van der Waals surface area contributed by atoms with Gasteiger partial charge in [0.1, 0.15) is 11.5 Å². The van der Waals surface area contributed by atoms with Crippen molar-refractivity contribution in [3.8, 4) is 0 Å². The summed E-state index contributed by atoms with van der Waals surface area (Å²) in [6, 6.07) is 2.09. The molecule has 3 nitrogen and oxygen atoms in total. The molecule has 0 amide bonds. The van der Waals surface area contributed by atoms with E-state index in [1.165, 1.54) is 0 Å². The van der Waals surface area contributed by atoms with Crippen molar-refractivity contribution in [2.75, 3.05) is 13.7 Å². The van der Waals surface area contributed by atoms with Crippen LogP contribution in [0.15, 0.2) is 10.5 Å². The summed E-state index contributed by atoms with van der Waals surface area (Å²) in [7, 11) is 1.71. The van der Waals surface area contributed by atoms with Crippen LogP contribution in [0, 0.1) is 13.8 Å². The van der Waals surface area contributed by atoms with Crippen LogP contribution in [0.3, 0.4) is 0 Å². The molecule has 2 N–H and O–H groups in total. The van der Waals surface area contributed by atoms with Crippen molar-refractivity contribution >= 4 is 0 Å². The molecule has 0 aromatic carbocycles. The van der Waals surface area contributed by atoms with Gasteiger partial charge in [-0.05, 0) is 32.8 Å². The molecule has 0 bridgehead atoms. The average molecular weight is 197 g/mol. The Morgan fingerprint density at radius 3 is 2.71 bits per heavy atom. The molecule has 0 radical (unpaired) electrons. The van der Waals surface area contributed by atoms with Crippen LogP contribution in [0.4, 0.5) is 0 Å². The van der Waals surface area contributed by atoms with Gasteiger partial charge in [0.15, 0.2) is 0 Å². The van der Waals surface area contributed by atoms with Crippen molar-refractivity contribution in [2.24, 2.45) is 5.73 Å². The van der Waals surface area contributed by atoms with Crippen LogP contribution in [0.2, 0.25) is 0 Å². The molecule has 14 heavy (non-hydrogen) atoms. The van der Waals surface area contributed by atoms with E-state index in [0.29, 0.717) is 0 Å². The lowest BCUT2D eigenvalue weighted by atomic mass is 10.0. The minimum atomic E-state index is 0.0719. The average Bonchev–Trinajstić information content (AvgIpc) is 2.45.